The van der Waals surface area contributed by atoms with Gasteiger partial charge in [-0.3, -0.25) is 19.7 Å². The Hall–Kier alpha value is -3.59. The van der Waals surface area contributed by atoms with Crippen LogP contribution >= 0.6 is 11.3 Å². The normalized spacial score (nSPS) is 15.6. The Balaban J connectivity index is 1.40. The molecular weight excluding hydrogens is 450 g/mol. The van der Waals surface area contributed by atoms with Crippen molar-refractivity contribution in [1.29, 1.82) is 0 Å². The highest BCUT2D eigenvalue weighted by Gasteiger charge is 2.34. The first kappa shape index (κ1) is 23.6. The van der Waals surface area contributed by atoms with E-state index < -0.39 is 0 Å². The number of aryl methyl sites for hydroxylation is 1. The fourth-order valence-corrected chi connectivity index (χ4v) is 4.51. The Morgan fingerprint density at radius 1 is 1.12 bits per heavy atom. The molecule has 176 valence electrons. The topological polar surface area (TPSA) is 104 Å². The second-order valence-corrected chi connectivity index (χ2v) is 9.56. The van der Waals surface area contributed by atoms with Gasteiger partial charge in [0.1, 0.15) is 5.01 Å². The number of nitrogens with one attached hydrogen (secondary N) is 2. The molecule has 0 bridgehead atoms. The minimum atomic E-state index is -0.344. The van der Waals surface area contributed by atoms with Crippen LogP contribution in [0.1, 0.15) is 54.0 Å². The van der Waals surface area contributed by atoms with Crippen LogP contribution in [0.25, 0.3) is 0 Å². The van der Waals surface area contributed by atoms with Crippen molar-refractivity contribution < 1.29 is 14.4 Å². The first-order chi connectivity index (χ1) is 16.3. The molecule has 1 fully saturated rings. The van der Waals surface area contributed by atoms with Gasteiger partial charge in [0.15, 0.2) is 0 Å². The van der Waals surface area contributed by atoms with E-state index in [0.717, 1.165) is 12.1 Å². The SMILES string of the molecule is CCc1ccc(N2CC(c3nnc(NC(=O)c4cccc(NC(=O)C(C)C)c4)s3)CC2=O)cc1. The number of hydrogen-bond acceptors (Lipinski definition) is 6. The van der Waals surface area contributed by atoms with E-state index in [2.05, 4.69) is 27.8 Å². The summed E-state index contributed by atoms with van der Waals surface area (Å²) < 4.78 is 0. The molecule has 2 heterocycles. The predicted molar refractivity (Wildman–Crippen MR) is 133 cm³/mol. The highest BCUT2D eigenvalue weighted by atomic mass is 32.1. The quantitative estimate of drug-likeness (QED) is 0.523. The van der Waals surface area contributed by atoms with Crippen molar-refractivity contribution >= 4 is 45.6 Å². The molecule has 1 saturated heterocycles. The molecule has 1 aromatic heterocycles. The van der Waals surface area contributed by atoms with Gasteiger partial charge in [0.05, 0.1) is 0 Å². The molecule has 8 nitrogen and oxygen atoms in total. The van der Waals surface area contributed by atoms with Crippen LogP contribution < -0.4 is 15.5 Å². The van der Waals surface area contributed by atoms with Crippen molar-refractivity contribution in [3.8, 4) is 0 Å². The maximum absolute atomic E-state index is 12.7. The molecule has 0 aliphatic carbocycles. The molecule has 1 aliphatic heterocycles. The number of hydrogen-bond donors (Lipinski definition) is 2. The van der Waals surface area contributed by atoms with Gasteiger partial charge in [0.25, 0.3) is 5.91 Å². The lowest BCUT2D eigenvalue weighted by molar-refractivity contribution is -0.119. The first-order valence-electron chi connectivity index (χ1n) is 11.3. The molecule has 1 aliphatic rings. The van der Waals surface area contributed by atoms with E-state index in [1.165, 1.54) is 16.9 Å². The minimum absolute atomic E-state index is 0.0512. The lowest BCUT2D eigenvalue weighted by Crippen LogP contribution is -2.24. The number of anilines is 3. The largest absolute Gasteiger partial charge is 0.326 e. The Morgan fingerprint density at radius 2 is 1.88 bits per heavy atom. The predicted octanol–water partition coefficient (Wildman–Crippen LogP) is 4.47. The van der Waals surface area contributed by atoms with Crippen molar-refractivity contribution in [2.75, 3.05) is 22.1 Å². The number of carbonyl (C=O) groups is 3. The second-order valence-electron chi connectivity index (χ2n) is 8.55. The molecule has 1 unspecified atom stereocenters. The van der Waals surface area contributed by atoms with Crippen molar-refractivity contribution in [2.45, 2.75) is 39.5 Å². The van der Waals surface area contributed by atoms with E-state index in [-0.39, 0.29) is 29.6 Å². The summed E-state index contributed by atoms with van der Waals surface area (Å²) in [5.41, 5.74) is 3.06. The van der Waals surface area contributed by atoms with Crippen LogP contribution in [0.3, 0.4) is 0 Å². The van der Waals surface area contributed by atoms with Crippen LogP contribution in [0.2, 0.25) is 0 Å². The van der Waals surface area contributed by atoms with E-state index in [4.69, 9.17) is 0 Å². The van der Waals surface area contributed by atoms with Crippen LogP contribution in [0.15, 0.2) is 48.5 Å². The van der Waals surface area contributed by atoms with Crippen molar-refractivity contribution in [1.82, 2.24) is 10.2 Å². The molecule has 3 aromatic rings. The standard InChI is InChI=1S/C25H27N5O3S/c1-4-16-8-10-20(11-9-16)30-14-18(13-21(30)31)24-28-29-25(34-24)27-23(33)17-6-5-7-19(12-17)26-22(32)15(2)3/h5-12,15,18H,4,13-14H2,1-3H3,(H,26,32)(H,27,29,33). The number of nitrogens with zero attached hydrogens (tertiary/aromatic N) is 3. The van der Waals surface area contributed by atoms with Gasteiger partial charge < -0.3 is 10.2 Å². The zero-order chi connectivity index (χ0) is 24.2. The van der Waals surface area contributed by atoms with Crippen molar-refractivity contribution in [3.63, 3.8) is 0 Å². The van der Waals surface area contributed by atoms with Gasteiger partial charge in [-0.15, -0.1) is 10.2 Å². The maximum Gasteiger partial charge on any atom is 0.257 e. The number of rotatable bonds is 7. The Bertz CT molecular complexity index is 1210. The molecule has 3 amide bonds. The molecule has 1 atom stereocenters. The molecule has 0 radical (unpaired) electrons. The molecule has 0 saturated carbocycles. The maximum atomic E-state index is 12.7. The van der Waals surface area contributed by atoms with E-state index >= 15 is 0 Å². The summed E-state index contributed by atoms with van der Waals surface area (Å²) in [6.07, 6.45) is 1.31. The zero-order valence-electron chi connectivity index (χ0n) is 19.4. The number of carbonyl (C=O) groups excluding carboxylic acids is 3. The van der Waals surface area contributed by atoms with Crippen molar-refractivity contribution in [2.24, 2.45) is 5.92 Å². The van der Waals surface area contributed by atoms with Gasteiger partial charge in [-0.05, 0) is 42.3 Å². The van der Waals surface area contributed by atoms with Crippen LogP contribution in [0.5, 0.6) is 0 Å². The fraction of sp³-hybridized carbons (Fsp3) is 0.320. The summed E-state index contributed by atoms with van der Waals surface area (Å²) >= 11 is 1.27. The van der Waals surface area contributed by atoms with Crippen LogP contribution in [-0.4, -0.2) is 34.5 Å². The van der Waals surface area contributed by atoms with E-state index in [1.807, 2.05) is 24.3 Å². The van der Waals surface area contributed by atoms with Crippen molar-refractivity contribution in [3.05, 3.63) is 64.7 Å². The summed E-state index contributed by atoms with van der Waals surface area (Å²) in [4.78, 5) is 39.0. The molecule has 0 spiro atoms. The highest BCUT2D eigenvalue weighted by molar-refractivity contribution is 7.15. The van der Waals surface area contributed by atoms with Gasteiger partial charge in [0, 0.05) is 41.7 Å². The molecule has 2 aromatic carbocycles. The third kappa shape index (κ3) is 5.31. The highest BCUT2D eigenvalue weighted by Crippen LogP contribution is 2.34. The lowest BCUT2D eigenvalue weighted by atomic mass is 10.1. The number of amides is 3. The fourth-order valence-electron chi connectivity index (χ4n) is 3.68. The van der Waals surface area contributed by atoms with Crippen LogP contribution in [0, 0.1) is 5.92 Å². The van der Waals surface area contributed by atoms with E-state index in [9.17, 15) is 14.4 Å². The Kier molecular flexibility index (Phi) is 7.02. The molecule has 9 heteroatoms. The number of aromatic nitrogens is 2. The number of benzene rings is 2. The van der Waals surface area contributed by atoms with Crippen LogP contribution in [0.4, 0.5) is 16.5 Å². The lowest BCUT2D eigenvalue weighted by Gasteiger charge is -2.16. The zero-order valence-corrected chi connectivity index (χ0v) is 20.2. The molecular formula is C25H27N5O3S. The Morgan fingerprint density at radius 3 is 2.59 bits per heavy atom. The van der Waals surface area contributed by atoms with E-state index in [1.54, 1.807) is 43.0 Å². The summed E-state index contributed by atoms with van der Waals surface area (Å²) in [5.74, 6) is -0.644. The van der Waals surface area contributed by atoms with Gasteiger partial charge in [-0.25, -0.2) is 0 Å². The summed E-state index contributed by atoms with van der Waals surface area (Å²) in [5, 5.41) is 15.0. The molecule has 2 N–H and O–H groups in total. The minimum Gasteiger partial charge on any atom is -0.326 e. The molecule has 4 rings (SSSR count). The average molecular weight is 478 g/mol. The van der Waals surface area contributed by atoms with Gasteiger partial charge in [-0.2, -0.15) is 0 Å². The third-order valence-electron chi connectivity index (χ3n) is 5.71. The summed E-state index contributed by atoms with van der Waals surface area (Å²) in [6, 6.07) is 14.8. The van der Waals surface area contributed by atoms with E-state index in [0.29, 0.717) is 34.4 Å². The first-order valence-corrected chi connectivity index (χ1v) is 12.1. The van der Waals surface area contributed by atoms with Crippen LogP contribution in [-0.2, 0) is 16.0 Å². The summed E-state index contributed by atoms with van der Waals surface area (Å²) in [6.45, 7) is 6.24. The van der Waals surface area contributed by atoms with Gasteiger partial charge in [-0.1, -0.05) is 50.3 Å². The summed E-state index contributed by atoms with van der Waals surface area (Å²) in [7, 11) is 0. The molecule has 34 heavy (non-hydrogen) atoms. The average Bonchev–Trinajstić information content (AvgIpc) is 3.45. The van der Waals surface area contributed by atoms with Gasteiger partial charge >= 0.3 is 0 Å². The smallest absolute Gasteiger partial charge is 0.257 e. The third-order valence-corrected chi connectivity index (χ3v) is 6.71. The Labute approximate surface area is 202 Å². The second kappa shape index (κ2) is 10.1. The van der Waals surface area contributed by atoms with Gasteiger partial charge in [0.2, 0.25) is 16.9 Å². The monoisotopic (exact) mass is 477 g/mol.